The van der Waals surface area contributed by atoms with Crippen LogP contribution in [0.25, 0.3) is 0 Å². The van der Waals surface area contributed by atoms with E-state index in [0.717, 1.165) is 0 Å². The number of hydrogen-bond donors (Lipinski definition) is 0. The molecule has 94 valence electrons. The number of nitrogens with zero attached hydrogens (tertiary/aromatic N) is 1. The number of isothiocyanates is 1. The van der Waals surface area contributed by atoms with E-state index in [-0.39, 0.29) is 0 Å². The van der Waals surface area contributed by atoms with Crippen LogP contribution in [0.4, 0.5) is 26.3 Å². The molecule has 1 rings (SSSR count). The van der Waals surface area contributed by atoms with Crippen LogP contribution < -0.4 is 0 Å². The summed E-state index contributed by atoms with van der Waals surface area (Å²) in [7, 11) is 0. The molecule has 0 amide bonds. The lowest BCUT2D eigenvalue weighted by Gasteiger charge is -2.31. The van der Waals surface area contributed by atoms with Gasteiger partial charge >= 0.3 is 12.4 Å². The highest BCUT2D eigenvalue weighted by atomic mass is 32.1. The Morgan fingerprint density at radius 1 is 1.24 bits per heavy atom. The predicted molar refractivity (Wildman–Crippen MR) is 51.7 cm³/mol. The lowest BCUT2D eigenvalue weighted by Crippen LogP contribution is -2.44. The van der Waals surface area contributed by atoms with E-state index in [9.17, 15) is 26.3 Å². The first-order chi connectivity index (χ1) is 7.62. The molecule has 0 bridgehead atoms. The van der Waals surface area contributed by atoms with Gasteiger partial charge in [0.25, 0.3) is 0 Å². The highest BCUT2D eigenvalue weighted by Crippen LogP contribution is 2.45. The summed E-state index contributed by atoms with van der Waals surface area (Å²) >= 11 is 4.05. The molecule has 1 aliphatic carbocycles. The summed E-state index contributed by atoms with van der Waals surface area (Å²) in [6.07, 6.45) is -9.29. The summed E-state index contributed by atoms with van der Waals surface area (Å²) in [4.78, 5) is 2.86. The summed E-state index contributed by atoms with van der Waals surface area (Å²) in [5.74, 6) is 0. The van der Waals surface area contributed by atoms with Gasteiger partial charge in [-0.1, -0.05) is 12.2 Å². The molecule has 0 aromatic carbocycles. The Hall–Kier alpha value is -1.14. The fourth-order valence-corrected chi connectivity index (χ4v) is 1.51. The molecular formula is C9H5F6NS. The molecule has 0 saturated heterocycles. The standard InChI is InChI=1S/C9H5F6NS/c10-8(11,12)6-2-1-3-7(4-6,16-5-17)9(13,14)15/h1-3H,4H2. The minimum Gasteiger partial charge on any atom is -0.211 e. The van der Waals surface area contributed by atoms with Crippen molar-refractivity contribution < 1.29 is 26.3 Å². The minimum atomic E-state index is -4.96. The van der Waals surface area contributed by atoms with E-state index in [4.69, 9.17) is 0 Å². The second kappa shape index (κ2) is 4.27. The monoisotopic (exact) mass is 273 g/mol. The van der Waals surface area contributed by atoms with Crippen molar-refractivity contribution in [3.05, 3.63) is 23.8 Å². The lowest BCUT2D eigenvalue weighted by atomic mass is 9.86. The zero-order chi connectivity index (χ0) is 13.3. The molecule has 0 aliphatic heterocycles. The van der Waals surface area contributed by atoms with E-state index < -0.39 is 29.9 Å². The molecule has 0 aromatic heterocycles. The molecule has 0 saturated carbocycles. The Bertz CT molecular complexity index is 412. The van der Waals surface area contributed by atoms with E-state index in [1.807, 2.05) is 0 Å². The van der Waals surface area contributed by atoms with Crippen LogP contribution >= 0.6 is 12.2 Å². The number of thiocarbonyl (C=S) groups is 1. The first-order valence-electron chi connectivity index (χ1n) is 4.24. The third-order valence-electron chi connectivity index (χ3n) is 2.23. The van der Waals surface area contributed by atoms with Crippen molar-refractivity contribution in [2.24, 2.45) is 4.99 Å². The molecule has 1 atom stereocenters. The largest absolute Gasteiger partial charge is 0.418 e. The molecule has 1 nitrogen and oxygen atoms in total. The number of halogens is 6. The summed E-state index contributed by atoms with van der Waals surface area (Å²) in [6, 6.07) is 0. The average Bonchev–Trinajstić information content (AvgIpc) is 2.15. The highest BCUT2D eigenvalue weighted by molar-refractivity contribution is 7.78. The highest BCUT2D eigenvalue weighted by Gasteiger charge is 2.56. The maximum atomic E-state index is 12.7. The third-order valence-corrected chi connectivity index (χ3v) is 2.32. The zero-order valence-electron chi connectivity index (χ0n) is 8.06. The van der Waals surface area contributed by atoms with Crippen molar-refractivity contribution in [1.82, 2.24) is 0 Å². The molecule has 0 fully saturated rings. The van der Waals surface area contributed by atoms with E-state index >= 15 is 0 Å². The molecule has 0 radical (unpaired) electrons. The Balaban J connectivity index is 3.21. The predicted octanol–water partition coefficient (Wildman–Crippen LogP) is 3.84. The fraction of sp³-hybridized carbons (Fsp3) is 0.444. The van der Waals surface area contributed by atoms with Crippen molar-refractivity contribution in [3.8, 4) is 0 Å². The Morgan fingerprint density at radius 2 is 1.82 bits per heavy atom. The maximum absolute atomic E-state index is 12.7. The van der Waals surface area contributed by atoms with Crippen LogP contribution in [-0.4, -0.2) is 23.1 Å². The van der Waals surface area contributed by atoms with Gasteiger partial charge in [0.05, 0.1) is 5.16 Å². The molecule has 8 heteroatoms. The number of hydrogen-bond acceptors (Lipinski definition) is 2. The lowest BCUT2D eigenvalue weighted by molar-refractivity contribution is -0.175. The summed E-state index contributed by atoms with van der Waals surface area (Å²) in [6.45, 7) is 0. The molecule has 0 N–H and O–H groups in total. The van der Waals surface area contributed by atoms with Crippen LogP contribution in [-0.2, 0) is 0 Å². The van der Waals surface area contributed by atoms with Crippen molar-refractivity contribution in [1.29, 1.82) is 0 Å². The first-order valence-corrected chi connectivity index (χ1v) is 4.64. The SMILES string of the molecule is FC(F)(F)C1=CC=CC(N=C=S)(C(F)(F)F)C1. The van der Waals surface area contributed by atoms with Gasteiger partial charge in [-0.15, -0.1) is 0 Å². The van der Waals surface area contributed by atoms with Crippen LogP contribution in [0.15, 0.2) is 28.8 Å². The van der Waals surface area contributed by atoms with Crippen LogP contribution in [0.3, 0.4) is 0 Å². The smallest absolute Gasteiger partial charge is 0.211 e. The normalized spacial score (nSPS) is 25.2. The molecule has 0 aromatic rings. The molecule has 0 heterocycles. The molecule has 1 aliphatic rings. The Kier molecular flexibility index (Phi) is 3.50. The average molecular weight is 273 g/mol. The van der Waals surface area contributed by atoms with Gasteiger partial charge in [0.2, 0.25) is 0 Å². The van der Waals surface area contributed by atoms with Gasteiger partial charge in [-0.3, -0.25) is 0 Å². The molecule has 0 spiro atoms. The third kappa shape index (κ3) is 2.76. The van der Waals surface area contributed by atoms with Crippen LogP contribution in [0, 0.1) is 0 Å². The van der Waals surface area contributed by atoms with Gasteiger partial charge in [-0.25, -0.2) is 4.99 Å². The van der Waals surface area contributed by atoms with Crippen LogP contribution in [0.1, 0.15) is 6.42 Å². The van der Waals surface area contributed by atoms with Gasteiger partial charge in [-0.05, 0) is 18.3 Å². The maximum Gasteiger partial charge on any atom is 0.418 e. The quantitative estimate of drug-likeness (QED) is 0.401. The van der Waals surface area contributed by atoms with Crippen molar-refractivity contribution in [2.45, 2.75) is 24.3 Å². The van der Waals surface area contributed by atoms with E-state index in [2.05, 4.69) is 17.2 Å². The van der Waals surface area contributed by atoms with Crippen molar-refractivity contribution in [2.75, 3.05) is 0 Å². The second-order valence-electron chi connectivity index (χ2n) is 3.35. The van der Waals surface area contributed by atoms with E-state index in [1.165, 1.54) is 5.16 Å². The van der Waals surface area contributed by atoms with Gasteiger partial charge in [0.1, 0.15) is 0 Å². The minimum absolute atomic E-state index is 0.543. The van der Waals surface area contributed by atoms with Gasteiger partial charge in [-0.2, -0.15) is 26.3 Å². The summed E-state index contributed by atoms with van der Waals surface area (Å²) in [5.41, 5.74) is -4.26. The van der Waals surface area contributed by atoms with Crippen molar-refractivity contribution >= 4 is 17.4 Å². The van der Waals surface area contributed by atoms with Crippen LogP contribution in [0.2, 0.25) is 0 Å². The topological polar surface area (TPSA) is 12.4 Å². The molecular weight excluding hydrogens is 268 g/mol. The van der Waals surface area contributed by atoms with Gasteiger partial charge in [0.15, 0.2) is 5.54 Å². The number of aliphatic imine (C=N–C) groups is 1. The zero-order valence-corrected chi connectivity index (χ0v) is 8.88. The fourth-order valence-electron chi connectivity index (χ4n) is 1.34. The van der Waals surface area contributed by atoms with Crippen LogP contribution in [0.5, 0.6) is 0 Å². The Labute approximate surface area is 97.5 Å². The summed E-state index contributed by atoms with van der Waals surface area (Å²) < 4.78 is 75.2. The van der Waals surface area contributed by atoms with Gasteiger partial charge in [0, 0.05) is 12.0 Å². The van der Waals surface area contributed by atoms with Crippen molar-refractivity contribution in [3.63, 3.8) is 0 Å². The molecule has 17 heavy (non-hydrogen) atoms. The Morgan fingerprint density at radius 3 is 2.24 bits per heavy atom. The second-order valence-corrected chi connectivity index (χ2v) is 3.53. The number of allylic oxidation sites excluding steroid dienone is 2. The van der Waals surface area contributed by atoms with E-state index in [0.29, 0.717) is 18.2 Å². The summed E-state index contributed by atoms with van der Waals surface area (Å²) in [5, 5.41) is 1.50. The molecule has 1 unspecified atom stereocenters. The number of alkyl halides is 6. The van der Waals surface area contributed by atoms with Gasteiger partial charge < -0.3 is 0 Å². The van der Waals surface area contributed by atoms with E-state index in [1.54, 1.807) is 0 Å². The number of rotatable bonds is 1. The first kappa shape index (κ1) is 13.9.